The van der Waals surface area contributed by atoms with E-state index in [1.165, 1.54) is 24.3 Å². The van der Waals surface area contributed by atoms with Crippen molar-refractivity contribution in [3.63, 3.8) is 0 Å². The van der Waals surface area contributed by atoms with E-state index in [1.807, 2.05) is 0 Å². The third kappa shape index (κ3) is 3.32. The number of benzene rings is 1. The summed E-state index contributed by atoms with van der Waals surface area (Å²) < 4.78 is 5.03. The van der Waals surface area contributed by atoms with Crippen molar-refractivity contribution in [1.29, 1.82) is 0 Å². The molecule has 0 radical (unpaired) electrons. The second-order valence-corrected chi connectivity index (χ2v) is 3.79. The number of carboxylic acids is 1. The van der Waals surface area contributed by atoms with Crippen molar-refractivity contribution in [1.82, 2.24) is 0 Å². The normalized spacial score (nSPS) is 10.7. The number of hydrogen-bond acceptors (Lipinski definition) is 4. The van der Waals surface area contributed by atoms with Crippen molar-refractivity contribution in [2.24, 2.45) is 0 Å². The van der Waals surface area contributed by atoms with Gasteiger partial charge >= 0.3 is 5.97 Å². The molecule has 0 amide bonds. The topological polar surface area (TPSA) is 87.7 Å². The Morgan fingerprint density at radius 1 is 1.11 bits per heavy atom. The summed E-state index contributed by atoms with van der Waals surface area (Å²) in [5.41, 5.74) is 0.343. The van der Waals surface area contributed by atoms with E-state index in [0.29, 0.717) is 0 Å². The molecule has 2 rings (SSSR count). The minimum atomic E-state index is -1.29. The van der Waals surface area contributed by atoms with Gasteiger partial charge in [-0.15, -0.1) is 0 Å². The second-order valence-electron chi connectivity index (χ2n) is 3.79. The summed E-state index contributed by atoms with van der Waals surface area (Å²) in [6.45, 7) is 0. The Morgan fingerprint density at radius 2 is 1.79 bits per heavy atom. The van der Waals surface area contributed by atoms with Crippen molar-refractivity contribution in [2.75, 3.05) is 0 Å². The van der Waals surface area contributed by atoms with Crippen LogP contribution in [0.1, 0.15) is 21.9 Å². The average molecular weight is 258 g/mol. The zero-order valence-electron chi connectivity index (χ0n) is 9.74. The Bertz CT molecular complexity index is 680. The van der Waals surface area contributed by atoms with Gasteiger partial charge < -0.3 is 14.6 Å². The van der Waals surface area contributed by atoms with Gasteiger partial charge in [-0.25, -0.2) is 4.79 Å². The van der Waals surface area contributed by atoms with Gasteiger partial charge in [-0.1, -0.05) is 18.2 Å². The van der Waals surface area contributed by atoms with E-state index in [0.717, 1.165) is 11.6 Å². The number of hydrogen-bond donors (Lipinski definition) is 2. The molecule has 5 nitrogen and oxygen atoms in total. The molecule has 5 heteroatoms. The molecular weight excluding hydrogens is 248 g/mol. The summed E-state index contributed by atoms with van der Waals surface area (Å²) in [4.78, 5) is 22.0. The smallest absolute Gasteiger partial charge is 0.371 e. The van der Waals surface area contributed by atoms with Gasteiger partial charge in [0.2, 0.25) is 5.76 Å². The van der Waals surface area contributed by atoms with Gasteiger partial charge in [0.25, 0.3) is 0 Å². The highest BCUT2D eigenvalue weighted by Gasteiger charge is 2.07. The fourth-order valence-corrected chi connectivity index (χ4v) is 1.45. The average Bonchev–Trinajstić information content (AvgIpc) is 2.37. The van der Waals surface area contributed by atoms with E-state index in [2.05, 4.69) is 0 Å². The first-order chi connectivity index (χ1) is 9.04. The molecule has 0 spiro atoms. The maximum Gasteiger partial charge on any atom is 0.371 e. The van der Waals surface area contributed by atoms with Crippen LogP contribution in [-0.4, -0.2) is 16.2 Å². The maximum atomic E-state index is 11.3. The molecule has 1 heterocycles. The standard InChI is InChI=1S/C14H10O5/c15-10-4-1-9(2-5-10)3-6-12-7-11(16)8-13(19-12)14(17)18/h1-8,15H,(H,17,18). The van der Waals surface area contributed by atoms with E-state index in [1.54, 1.807) is 18.2 Å². The van der Waals surface area contributed by atoms with Crippen LogP contribution in [0.15, 0.2) is 45.6 Å². The van der Waals surface area contributed by atoms with Crippen molar-refractivity contribution in [3.05, 3.63) is 63.7 Å². The lowest BCUT2D eigenvalue weighted by molar-refractivity contribution is 0.0659. The lowest BCUT2D eigenvalue weighted by atomic mass is 10.2. The molecule has 0 atom stereocenters. The summed E-state index contributed by atoms with van der Waals surface area (Å²) in [7, 11) is 0. The number of aromatic hydroxyl groups is 1. The van der Waals surface area contributed by atoms with Crippen LogP contribution < -0.4 is 5.43 Å². The highest BCUT2D eigenvalue weighted by Crippen LogP contribution is 2.13. The molecule has 1 aromatic carbocycles. The van der Waals surface area contributed by atoms with E-state index in [9.17, 15) is 9.59 Å². The minimum absolute atomic E-state index is 0.150. The molecule has 2 aromatic rings. The summed E-state index contributed by atoms with van der Waals surface area (Å²) in [6.07, 6.45) is 3.13. The molecule has 0 aliphatic heterocycles. The van der Waals surface area contributed by atoms with Crippen LogP contribution in [0.2, 0.25) is 0 Å². The van der Waals surface area contributed by atoms with E-state index < -0.39 is 17.2 Å². The zero-order valence-corrected chi connectivity index (χ0v) is 9.74. The summed E-state index contributed by atoms with van der Waals surface area (Å²) >= 11 is 0. The van der Waals surface area contributed by atoms with Gasteiger partial charge in [-0.05, 0) is 23.8 Å². The molecule has 0 unspecified atom stereocenters. The van der Waals surface area contributed by atoms with Crippen molar-refractivity contribution >= 4 is 18.1 Å². The molecule has 0 bridgehead atoms. The van der Waals surface area contributed by atoms with E-state index in [4.69, 9.17) is 14.6 Å². The Labute approximate surface area is 108 Å². The number of carboxylic acid groups (broad SMARTS) is 1. The van der Waals surface area contributed by atoms with Crippen molar-refractivity contribution in [2.45, 2.75) is 0 Å². The predicted octanol–water partition coefficient (Wildman–Crippen LogP) is 2.21. The quantitative estimate of drug-likeness (QED) is 0.881. The number of rotatable bonds is 3. The van der Waals surface area contributed by atoms with Crippen LogP contribution in [0.4, 0.5) is 0 Å². The second kappa shape index (κ2) is 5.22. The van der Waals surface area contributed by atoms with Crippen molar-refractivity contribution < 1.29 is 19.4 Å². The molecule has 0 fully saturated rings. The molecule has 2 N–H and O–H groups in total. The Balaban J connectivity index is 2.30. The van der Waals surface area contributed by atoms with Crippen LogP contribution in [-0.2, 0) is 0 Å². The summed E-state index contributed by atoms with van der Waals surface area (Å²) in [5.74, 6) is -1.40. The van der Waals surface area contributed by atoms with Gasteiger partial charge in [0.05, 0.1) is 0 Å². The Hall–Kier alpha value is -2.82. The first-order valence-corrected chi connectivity index (χ1v) is 5.40. The summed E-state index contributed by atoms with van der Waals surface area (Å²) in [5, 5.41) is 17.9. The van der Waals surface area contributed by atoms with Gasteiger partial charge in [-0.3, -0.25) is 4.79 Å². The first kappa shape index (κ1) is 12.6. The lowest BCUT2D eigenvalue weighted by Crippen LogP contribution is -2.05. The predicted molar refractivity (Wildman–Crippen MR) is 69.0 cm³/mol. The van der Waals surface area contributed by atoms with Crippen LogP contribution in [0.5, 0.6) is 5.75 Å². The van der Waals surface area contributed by atoms with Gasteiger partial charge in [0.1, 0.15) is 11.5 Å². The van der Waals surface area contributed by atoms with Crippen LogP contribution in [0.3, 0.4) is 0 Å². The largest absolute Gasteiger partial charge is 0.508 e. The van der Waals surface area contributed by atoms with Gasteiger partial charge in [-0.2, -0.15) is 0 Å². The number of carbonyl (C=O) groups is 1. The van der Waals surface area contributed by atoms with E-state index in [-0.39, 0.29) is 11.5 Å². The number of phenolic OH excluding ortho intramolecular Hbond substituents is 1. The van der Waals surface area contributed by atoms with Crippen LogP contribution >= 0.6 is 0 Å². The molecule has 96 valence electrons. The van der Waals surface area contributed by atoms with Crippen molar-refractivity contribution in [3.8, 4) is 5.75 Å². The van der Waals surface area contributed by atoms with Crippen LogP contribution in [0.25, 0.3) is 12.2 Å². The molecule has 0 saturated heterocycles. The number of aromatic carboxylic acids is 1. The van der Waals surface area contributed by atoms with Gasteiger partial charge in [0, 0.05) is 12.1 Å². The molecular formula is C14H10O5. The first-order valence-electron chi connectivity index (χ1n) is 5.40. The Kier molecular flexibility index (Phi) is 3.47. The molecule has 0 aliphatic carbocycles. The van der Waals surface area contributed by atoms with E-state index >= 15 is 0 Å². The third-order valence-electron chi connectivity index (χ3n) is 2.33. The van der Waals surface area contributed by atoms with Gasteiger partial charge in [0.15, 0.2) is 5.43 Å². The fraction of sp³-hybridized carbons (Fsp3) is 0. The zero-order chi connectivity index (χ0) is 13.8. The summed E-state index contributed by atoms with van der Waals surface area (Å²) in [6, 6.07) is 8.49. The fourth-order valence-electron chi connectivity index (χ4n) is 1.45. The molecule has 0 aliphatic rings. The Morgan fingerprint density at radius 3 is 2.42 bits per heavy atom. The molecule has 1 aromatic heterocycles. The highest BCUT2D eigenvalue weighted by molar-refractivity contribution is 5.84. The highest BCUT2D eigenvalue weighted by atomic mass is 16.4. The third-order valence-corrected chi connectivity index (χ3v) is 2.33. The van der Waals surface area contributed by atoms with Crippen LogP contribution in [0, 0.1) is 0 Å². The molecule has 0 saturated carbocycles. The SMILES string of the molecule is O=C(O)c1cc(=O)cc(C=Cc2ccc(O)cc2)o1. The monoisotopic (exact) mass is 258 g/mol. The maximum absolute atomic E-state index is 11.3. The molecule has 19 heavy (non-hydrogen) atoms. The lowest BCUT2D eigenvalue weighted by Gasteiger charge is -1.97. The number of phenols is 1. The minimum Gasteiger partial charge on any atom is -0.508 e.